The number of thioether (sulfide) groups is 1. The van der Waals surface area contributed by atoms with E-state index in [1.165, 1.54) is 28.7 Å². The van der Waals surface area contributed by atoms with E-state index in [1.807, 2.05) is 18.2 Å². The van der Waals surface area contributed by atoms with Crippen molar-refractivity contribution in [2.24, 2.45) is 0 Å². The Balaban J connectivity index is 1.71. The van der Waals surface area contributed by atoms with Crippen molar-refractivity contribution >= 4 is 22.7 Å². The zero-order valence-electron chi connectivity index (χ0n) is 15.4. The van der Waals surface area contributed by atoms with Gasteiger partial charge in [0.2, 0.25) is 0 Å². The lowest BCUT2D eigenvalue weighted by molar-refractivity contribution is 0.617. The molecule has 0 amide bonds. The molecule has 2 aromatic carbocycles. The maximum Gasteiger partial charge on any atom is 0.191 e. The highest BCUT2D eigenvalue weighted by Crippen LogP contribution is 2.32. The van der Waals surface area contributed by atoms with E-state index in [4.69, 9.17) is 0 Å². The van der Waals surface area contributed by atoms with Crippen LogP contribution in [-0.4, -0.2) is 19.3 Å². The predicted molar refractivity (Wildman–Crippen MR) is 108 cm³/mol. The molecule has 4 rings (SSSR count). The fourth-order valence-corrected chi connectivity index (χ4v) is 4.31. The Morgan fingerprint density at radius 1 is 0.963 bits per heavy atom. The molecule has 2 heterocycles. The van der Waals surface area contributed by atoms with Gasteiger partial charge >= 0.3 is 0 Å². The molecule has 0 aliphatic rings. The molecule has 0 aliphatic carbocycles. The number of rotatable bonds is 6. The Morgan fingerprint density at radius 3 is 2.52 bits per heavy atom. The number of aromatic nitrogens is 4. The van der Waals surface area contributed by atoms with E-state index in [-0.39, 0.29) is 5.82 Å². The van der Waals surface area contributed by atoms with E-state index in [0.717, 1.165) is 29.6 Å². The summed E-state index contributed by atoms with van der Waals surface area (Å²) in [5.41, 5.74) is 2.96. The molecule has 27 heavy (non-hydrogen) atoms. The van der Waals surface area contributed by atoms with E-state index in [0.29, 0.717) is 11.3 Å². The van der Waals surface area contributed by atoms with Crippen LogP contribution in [0.4, 0.5) is 4.39 Å². The number of benzene rings is 2. The van der Waals surface area contributed by atoms with Crippen molar-refractivity contribution in [3.63, 3.8) is 0 Å². The van der Waals surface area contributed by atoms with Gasteiger partial charge in [-0.25, -0.2) is 4.39 Å². The first-order valence-electron chi connectivity index (χ1n) is 9.10. The van der Waals surface area contributed by atoms with Gasteiger partial charge in [0, 0.05) is 41.5 Å². The molecule has 0 saturated heterocycles. The largest absolute Gasteiger partial charge is 0.347 e. The van der Waals surface area contributed by atoms with Crippen LogP contribution < -0.4 is 0 Å². The summed E-state index contributed by atoms with van der Waals surface area (Å²) in [7, 11) is 0. The summed E-state index contributed by atoms with van der Waals surface area (Å²) >= 11 is 1.51. The zero-order chi connectivity index (χ0) is 18.8. The van der Waals surface area contributed by atoms with Gasteiger partial charge in [-0.1, -0.05) is 48.2 Å². The second-order valence-electron chi connectivity index (χ2n) is 6.28. The van der Waals surface area contributed by atoms with Crippen molar-refractivity contribution in [3.8, 4) is 11.4 Å². The highest BCUT2D eigenvalue weighted by atomic mass is 32.2. The number of hydrogen-bond donors (Lipinski definition) is 0. The van der Waals surface area contributed by atoms with Crippen LogP contribution in [0.3, 0.4) is 0 Å². The van der Waals surface area contributed by atoms with E-state index in [9.17, 15) is 4.39 Å². The standard InChI is InChI=1S/C21H21FN4S/c1-3-25-13-17(16-10-6-8-12-19(16)25)20-23-24-21(26(20)4-2)27-14-15-9-5-7-11-18(15)22/h5-13H,3-4,14H2,1-2H3. The van der Waals surface area contributed by atoms with Gasteiger partial charge in [0.1, 0.15) is 5.82 Å². The number of hydrogen-bond acceptors (Lipinski definition) is 3. The van der Waals surface area contributed by atoms with Gasteiger partial charge < -0.3 is 9.13 Å². The molecule has 0 spiro atoms. The molecule has 0 radical (unpaired) electrons. The topological polar surface area (TPSA) is 35.6 Å². The minimum absolute atomic E-state index is 0.182. The third kappa shape index (κ3) is 3.25. The lowest BCUT2D eigenvalue weighted by atomic mass is 10.1. The fourth-order valence-electron chi connectivity index (χ4n) is 3.32. The summed E-state index contributed by atoms with van der Waals surface area (Å²) in [5, 5.41) is 10.9. The van der Waals surface area contributed by atoms with Crippen LogP contribution in [0.25, 0.3) is 22.3 Å². The highest BCUT2D eigenvalue weighted by molar-refractivity contribution is 7.98. The summed E-state index contributed by atoms with van der Waals surface area (Å²) in [6.07, 6.45) is 2.14. The predicted octanol–water partition coefficient (Wildman–Crippen LogP) is 5.37. The molecule has 0 atom stereocenters. The first-order valence-corrected chi connectivity index (χ1v) is 10.1. The third-order valence-corrected chi connectivity index (χ3v) is 5.73. The Labute approximate surface area is 162 Å². The molecule has 138 valence electrons. The van der Waals surface area contributed by atoms with Crippen LogP contribution in [0.5, 0.6) is 0 Å². The Bertz CT molecular complexity index is 1080. The van der Waals surface area contributed by atoms with Gasteiger partial charge in [-0.05, 0) is 31.5 Å². The van der Waals surface area contributed by atoms with E-state index < -0.39 is 0 Å². The van der Waals surface area contributed by atoms with Crippen molar-refractivity contribution in [1.29, 1.82) is 0 Å². The molecule has 4 aromatic rings. The molecule has 0 fully saturated rings. The number of aryl methyl sites for hydroxylation is 1. The molecule has 0 bridgehead atoms. The van der Waals surface area contributed by atoms with Crippen molar-refractivity contribution in [1.82, 2.24) is 19.3 Å². The maximum absolute atomic E-state index is 13.9. The van der Waals surface area contributed by atoms with E-state index in [1.54, 1.807) is 6.07 Å². The normalized spacial score (nSPS) is 11.4. The number of para-hydroxylation sites is 1. The van der Waals surface area contributed by atoms with Crippen LogP contribution in [0.1, 0.15) is 19.4 Å². The molecule has 0 aliphatic heterocycles. The summed E-state index contributed by atoms with van der Waals surface area (Å²) in [4.78, 5) is 0. The molecule has 6 heteroatoms. The Kier molecular flexibility index (Phi) is 4.99. The zero-order valence-corrected chi connectivity index (χ0v) is 16.2. The summed E-state index contributed by atoms with van der Waals surface area (Å²) in [6, 6.07) is 15.2. The molecule has 4 nitrogen and oxygen atoms in total. The molecule has 2 aromatic heterocycles. The molecule has 0 N–H and O–H groups in total. The lowest BCUT2D eigenvalue weighted by Crippen LogP contribution is -2.00. The smallest absolute Gasteiger partial charge is 0.191 e. The fraction of sp³-hybridized carbons (Fsp3) is 0.238. The van der Waals surface area contributed by atoms with Crippen molar-refractivity contribution in [2.75, 3.05) is 0 Å². The first-order chi connectivity index (χ1) is 13.2. The van der Waals surface area contributed by atoms with Gasteiger partial charge in [0.05, 0.1) is 0 Å². The second-order valence-corrected chi connectivity index (χ2v) is 7.22. The van der Waals surface area contributed by atoms with Gasteiger partial charge in [-0.3, -0.25) is 0 Å². The van der Waals surface area contributed by atoms with Gasteiger partial charge in [-0.2, -0.15) is 0 Å². The molecule has 0 saturated carbocycles. The third-order valence-electron chi connectivity index (χ3n) is 4.72. The van der Waals surface area contributed by atoms with Gasteiger partial charge in [0.25, 0.3) is 0 Å². The summed E-state index contributed by atoms with van der Waals surface area (Å²) in [5.74, 6) is 1.21. The lowest BCUT2D eigenvalue weighted by Gasteiger charge is -2.07. The monoisotopic (exact) mass is 380 g/mol. The second kappa shape index (κ2) is 7.56. The minimum atomic E-state index is -0.182. The van der Waals surface area contributed by atoms with Gasteiger partial charge in [0.15, 0.2) is 11.0 Å². The van der Waals surface area contributed by atoms with Crippen LogP contribution >= 0.6 is 11.8 Å². The highest BCUT2D eigenvalue weighted by Gasteiger charge is 2.18. The summed E-state index contributed by atoms with van der Waals surface area (Å²) in [6.45, 7) is 5.87. The van der Waals surface area contributed by atoms with Crippen LogP contribution in [0.15, 0.2) is 59.9 Å². The Morgan fingerprint density at radius 2 is 1.74 bits per heavy atom. The Hall–Kier alpha value is -2.60. The average Bonchev–Trinajstić information content (AvgIpc) is 3.27. The van der Waals surface area contributed by atoms with Crippen molar-refractivity contribution in [2.45, 2.75) is 37.8 Å². The molecule has 0 unspecified atom stereocenters. The number of fused-ring (bicyclic) bond motifs is 1. The van der Waals surface area contributed by atoms with Crippen LogP contribution in [0, 0.1) is 5.82 Å². The van der Waals surface area contributed by atoms with Crippen LogP contribution in [-0.2, 0) is 18.8 Å². The number of nitrogens with zero attached hydrogens (tertiary/aromatic N) is 4. The maximum atomic E-state index is 13.9. The summed E-state index contributed by atoms with van der Waals surface area (Å²) < 4.78 is 18.2. The molecular weight excluding hydrogens is 359 g/mol. The van der Waals surface area contributed by atoms with Gasteiger partial charge in [-0.15, -0.1) is 10.2 Å². The van der Waals surface area contributed by atoms with Crippen molar-refractivity contribution in [3.05, 3.63) is 66.1 Å². The van der Waals surface area contributed by atoms with Crippen molar-refractivity contribution < 1.29 is 4.39 Å². The van der Waals surface area contributed by atoms with E-state index in [2.05, 4.69) is 57.6 Å². The molecular formula is C21H21FN4S. The number of halogens is 1. The quantitative estimate of drug-likeness (QED) is 0.422. The first kappa shape index (κ1) is 17.8. The van der Waals surface area contributed by atoms with Crippen LogP contribution in [0.2, 0.25) is 0 Å². The minimum Gasteiger partial charge on any atom is -0.347 e. The SMILES string of the molecule is CCn1c(SCc2ccccc2F)nnc1-c1cn(CC)c2ccccc12. The van der Waals surface area contributed by atoms with E-state index >= 15 is 0 Å². The average molecular weight is 380 g/mol.